The lowest BCUT2D eigenvalue weighted by atomic mass is 10.1. The Morgan fingerprint density at radius 1 is 1.05 bits per heavy atom. The molecule has 1 N–H and O–H groups in total. The molecule has 1 aliphatic carbocycles. The first-order valence-corrected chi connectivity index (χ1v) is 8.92. The molecule has 2 unspecified atom stereocenters. The molecule has 0 aromatic heterocycles. The molecule has 0 radical (unpaired) electrons. The molecule has 20 heavy (non-hydrogen) atoms. The van der Waals surface area contributed by atoms with Crippen LogP contribution in [0.1, 0.15) is 59.3 Å². The molecule has 118 valence electrons. The van der Waals surface area contributed by atoms with E-state index in [0.29, 0.717) is 12.1 Å². The quantitative estimate of drug-likeness (QED) is 0.774. The van der Waals surface area contributed by atoms with E-state index in [1.54, 1.807) is 0 Å². The molecule has 1 saturated carbocycles. The van der Waals surface area contributed by atoms with Crippen molar-refractivity contribution in [3.05, 3.63) is 0 Å². The van der Waals surface area contributed by atoms with Gasteiger partial charge in [-0.1, -0.05) is 26.2 Å². The minimum atomic E-state index is 0.669. The Bertz CT molecular complexity index is 255. The fraction of sp³-hybridized carbons (Fsp3) is 1.00. The third-order valence-electron chi connectivity index (χ3n) is 5.30. The van der Waals surface area contributed by atoms with Gasteiger partial charge in [0.2, 0.25) is 0 Å². The van der Waals surface area contributed by atoms with Crippen LogP contribution in [0, 0.1) is 0 Å². The number of nitrogens with zero attached hydrogens (tertiary/aromatic N) is 2. The maximum absolute atomic E-state index is 3.69. The molecule has 0 amide bonds. The van der Waals surface area contributed by atoms with Crippen LogP contribution in [-0.4, -0.2) is 60.6 Å². The largest absolute Gasteiger partial charge is 0.313 e. The molecule has 2 aliphatic rings. The smallest absolute Gasteiger partial charge is 0.0193 e. The highest BCUT2D eigenvalue weighted by Gasteiger charge is 2.27. The molecule has 1 heterocycles. The molecule has 0 spiro atoms. The van der Waals surface area contributed by atoms with Crippen molar-refractivity contribution in [3.63, 3.8) is 0 Å². The first kappa shape index (κ1) is 16.3. The molecule has 2 fully saturated rings. The average Bonchev–Trinajstić information content (AvgIpc) is 2.99. The van der Waals surface area contributed by atoms with Crippen LogP contribution >= 0.6 is 0 Å². The normalized spacial score (nSPS) is 25.9. The zero-order valence-corrected chi connectivity index (χ0v) is 13.9. The maximum atomic E-state index is 3.69. The van der Waals surface area contributed by atoms with Crippen molar-refractivity contribution in [2.75, 3.05) is 32.7 Å². The fourth-order valence-corrected chi connectivity index (χ4v) is 3.85. The predicted octanol–water partition coefficient (Wildman–Crippen LogP) is 2.71. The second-order valence-corrected chi connectivity index (χ2v) is 6.96. The Kier molecular flexibility index (Phi) is 6.79. The van der Waals surface area contributed by atoms with E-state index in [0.717, 1.165) is 12.6 Å². The zero-order chi connectivity index (χ0) is 14.4. The Labute approximate surface area is 126 Å². The summed E-state index contributed by atoms with van der Waals surface area (Å²) in [5.41, 5.74) is 0. The Morgan fingerprint density at radius 2 is 1.70 bits per heavy atom. The fourth-order valence-electron chi connectivity index (χ4n) is 3.85. The highest BCUT2D eigenvalue weighted by Crippen LogP contribution is 2.24. The van der Waals surface area contributed by atoms with Crippen LogP contribution in [0.4, 0.5) is 0 Å². The third-order valence-corrected chi connectivity index (χ3v) is 5.30. The zero-order valence-electron chi connectivity index (χ0n) is 13.9. The van der Waals surface area contributed by atoms with Gasteiger partial charge in [-0.3, -0.25) is 9.80 Å². The molecular formula is C17H35N3. The monoisotopic (exact) mass is 281 g/mol. The Morgan fingerprint density at radius 3 is 2.30 bits per heavy atom. The van der Waals surface area contributed by atoms with Gasteiger partial charge in [0.05, 0.1) is 0 Å². The SMILES string of the molecule is CCCC(C)NCC(C)N1CCN(C2CCCC2)CC1. The summed E-state index contributed by atoms with van der Waals surface area (Å²) >= 11 is 0. The molecule has 2 rings (SSSR count). The molecule has 3 heteroatoms. The van der Waals surface area contributed by atoms with Crippen LogP contribution in [0.3, 0.4) is 0 Å². The van der Waals surface area contributed by atoms with E-state index in [1.807, 2.05) is 0 Å². The van der Waals surface area contributed by atoms with E-state index in [9.17, 15) is 0 Å². The van der Waals surface area contributed by atoms with Crippen LogP contribution in [0.15, 0.2) is 0 Å². The van der Waals surface area contributed by atoms with E-state index in [4.69, 9.17) is 0 Å². The van der Waals surface area contributed by atoms with Gasteiger partial charge in [-0.25, -0.2) is 0 Å². The Hall–Kier alpha value is -0.120. The van der Waals surface area contributed by atoms with Crippen LogP contribution < -0.4 is 5.32 Å². The van der Waals surface area contributed by atoms with E-state index in [1.165, 1.54) is 64.7 Å². The molecule has 3 nitrogen and oxygen atoms in total. The van der Waals surface area contributed by atoms with E-state index in [-0.39, 0.29) is 0 Å². The molecule has 0 bridgehead atoms. The van der Waals surface area contributed by atoms with Crippen LogP contribution in [0.25, 0.3) is 0 Å². The topological polar surface area (TPSA) is 18.5 Å². The van der Waals surface area contributed by atoms with Crippen LogP contribution in [-0.2, 0) is 0 Å². The number of nitrogens with one attached hydrogen (secondary N) is 1. The highest BCUT2D eigenvalue weighted by atomic mass is 15.3. The van der Waals surface area contributed by atoms with Gasteiger partial charge in [0.25, 0.3) is 0 Å². The van der Waals surface area contributed by atoms with Crippen molar-refractivity contribution in [1.82, 2.24) is 15.1 Å². The summed E-state index contributed by atoms with van der Waals surface area (Å²) in [5, 5.41) is 3.69. The number of hydrogen-bond acceptors (Lipinski definition) is 3. The predicted molar refractivity (Wildman–Crippen MR) is 87.2 cm³/mol. The van der Waals surface area contributed by atoms with Crippen molar-refractivity contribution in [2.24, 2.45) is 0 Å². The van der Waals surface area contributed by atoms with Gasteiger partial charge in [0, 0.05) is 50.8 Å². The van der Waals surface area contributed by atoms with Gasteiger partial charge in [-0.15, -0.1) is 0 Å². The summed E-state index contributed by atoms with van der Waals surface area (Å²) in [4.78, 5) is 5.43. The maximum Gasteiger partial charge on any atom is 0.0193 e. The summed E-state index contributed by atoms with van der Waals surface area (Å²) < 4.78 is 0. The van der Waals surface area contributed by atoms with Crippen molar-refractivity contribution in [2.45, 2.75) is 77.4 Å². The molecule has 1 aliphatic heterocycles. The van der Waals surface area contributed by atoms with Gasteiger partial charge >= 0.3 is 0 Å². The molecule has 0 aromatic rings. The number of hydrogen-bond donors (Lipinski definition) is 1. The lowest BCUT2D eigenvalue weighted by Gasteiger charge is -2.41. The van der Waals surface area contributed by atoms with Crippen molar-refractivity contribution >= 4 is 0 Å². The minimum Gasteiger partial charge on any atom is -0.313 e. The summed E-state index contributed by atoms with van der Waals surface area (Å²) in [6.45, 7) is 13.2. The first-order chi connectivity index (χ1) is 9.70. The second kappa shape index (κ2) is 8.35. The average molecular weight is 281 g/mol. The summed E-state index contributed by atoms with van der Waals surface area (Å²) in [5.74, 6) is 0. The standard InChI is InChI=1S/C17H35N3/c1-4-7-15(2)18-14-16(3)19-10-12-20(13-11-19)17-8-5-6-9-17/h15-18H,4-14H2,1-3H3. The number of rotatable bonds is 7. The van der Waals surface area contributed by atoms with E-state index < -0.39 is 0 Å². The van der Waals surface area contributed by atoms with Gasteiger partial charge in [0.15, 0.2) is 0 Å². The Balaban J connectivity index is 1.64. The van der Waals surface area contributed by atoms with Crippen LogP contribution in [0.5, 0.6) is 0 Å². The number of piperazine rings is 1. The van der Waals surface area contributed by atoms with Crippen LogP contribution in [0.2, 0.25) is 0 Å². The van der Waals surface area contributed by atoms with E-state index in [2.05, 4.69) is 35.9 Å². The summed E-state index contributed by atoms with van der Waals surface area (Å²) in [6.07, 6.45) is 8.39. The minimum absolute atomic E-state index is 0.669. The third kappa shape index (κ3) is 4.71. The molecule has 2 atom stereocenters. The van der Waals surface area contributed by atoms with E-state index >= 15 is 0 Å². The summed E-state index contributed by atoms with van der Waals surface area (Å²) in [7, 11) is 0. The van der Waals surface area contributed by atoms with Gasteiger partial charge in [0.1, 0.15) is 0 Å². The van der Waals surface area contributed by atoms with Crippen molar-refractivity contribution in [1.29, 1.82) is 0 Å². The molecule has 1 saturated heterocycles. The second-order valence-electron chi connectivity index (χ2n) is 6.96. The van der Waals surface area contributed by atoms with Gasteiger partial charge in [-0.2, -0.15) is 0 Å². The summed E-state index contributed by atoms with van der Waals surface area (Å²) in [6, 6.07) is 2.26. The van der Waals surface area contributed by atoms with Crippen molar-refractivity contribution < 1.29 is 0 Å². The van der Waals surface area contributed by atoms with Gasteiger partial charge < -0.3 is 5.32 Å². The van der Waals surface area contributed by atoms with Crippen molar-refractivity contribution in [3.8, 4) is 0 Å². The molecule has 0 aromatic carbocycles. The van der Waals surface area contributed by atoms with Gasteiger partial charge in [-0.05, 0) is 33.1 Å². The molecular weight excluding hydrogens is 246 g/mol. The first-order valence-electron chi connectivity index (χ1n) is 8.92. The lowest BCUT2D eigenvalue weighted by molar-refractivity contribution is 0.0742. The lowest BCUT2D eigenvalue weighted by Crippen LogP contribution is -2.54. The highest BCUT2D eigenvalue weighted by molar-refractivity contribution is 4.84.